The predicted octanol–water partition coefficient (Wildman–Crippen LogP) is 4.94. The van der Waals surface area contributed by atoms with Crippen molar-refractivity contribution in [2.75, 3.05) is 31.9 Å². The number of imidazole rings is 1. The molecular formula is C32H38FN7O4. The number of halogens is 1. The normalized spacial score (nSPS) is 20.1. The second kappa shape index (κ2) is 11.9. The Labute approximate surface area is 255 Å². The highest BCUT2D eigenvalue weighted by molar-refractivity contribution is 5.84. The number of alkyl halides is 1. The number of nitrogens with two attached hydrogens (primary N) is 1. The molecule has 0 radical (unpaired) electrons. The number of ether oxygens (including phenoxy) is 2. The van der Waals surface area contributed by atoms with E-state index in [1.165, 1.54) is 15.5 Å². The van der Waals surface area contributed by atoms with E-state index < -0.39 is 23.5 Å². The number of aromatic nitrogens is 4. The van der Waals surface area contributed by atoms with Crippen LogP contribution in [-0.4, -0.2) is 79.0 Å². The summed E-state index contributed by atoms with van der Waals surface area (Å²) in [6.07, 6.45) is 1.60. The summed E-state index contributed by atoms with van der Waals surface area (Å²) in [5.41, 5.74) is 6.50. The van der Waals surface area contributed by atoms with Crippen molar-refractivity contribution in [1.82, 2.24) is 28.9 Å². The summed E-state index contributed by atoms with van der Waals surface area (Å²) < 4.78 is 30.3. The first-order valence-corrected chi connectivity index (χ1v) is 15.0. The van der Waals surface area contributed by atoms with Crippen LogP contribution in [0.15, 0.2) is 65.7 Å². The van der Waals surface area contributed by atoms with Gasteiger partial charge in [-0.05, 0) is 76.4 Å². The molecule has 44 heavy (non-hydrogen) atoms. The Hall–Kier alpha value is -4.45. The second-order valence-electron chi connectivity index (χ2n) is 12.4. The third-order valence-corrected chi connectivity index (χ3v) is 8.26. The van der Waals surface area contributed by atoms with E-state index in [0.29, 0.717) is 54.4 Å². The number of likely N-dealkylation sites (tertiary alicyclic amines) is 2. The average molecular weight is 604 g/mol. The Morgan fingerprint density at radius 2 is 1.64 bits per heavy atom. The number of nitrogens with zero attached hydrogens (tertiary/aromatic N) is 6. The van der Waals surface area contributed by atoms with E-state index in [1.807, 2.05) is 51.1 Å². The molecule has 4 heterocycles. The quantitative estimate of drug-likeness (QED) is 0.341. The van der Waals surface area contributed by atoms with Crippen LogP contribution >= 0.6 is 0 Å². The van der Waals surface area contributed by atoms with Crippen molar-refractivity contribution in [2.24, 2.45) is 0 Å². The van der Waals surface area contributed by atoms with E-state index in [1.54, 1.807) is 29.2 Å². The third kappa shape index (κ3) is 5.99. The van der Waals surface area contributed by atoms with Gasteiger partial charge in [-0.15, -0.1) is 0 Å². The SMILES string of the molecule is CC(C)(C)OC(=O)N1CCC(N2CC[C@@H](n3c(=O)n(-c4ccc(Oc5ccccc5)cc4)c4c(N)ncnc43)[C@H](F)C2)CC1. The number of para-hydroxylation sites is 1. The molecule has 2 aliphatic heterocycles. The zero-order valence-corrected chi connectivity index (χ0v) is 25.2. The summed E-state index contributed by atoms with van der Waals surface area (Å²) in [6.45, 7) is 7.49. The number of rotatable bonds is 5. The van der Waals surface area contributed by atoms with Crippen LogP contribution in [0.4, 0.5) is 15.0 Å². The number of hydrogen-bond donors (Lipinski definition) is 1. The lowest BCUT2D eigenvalue weighted by molar-refractivity contribution is 0.00494. The summed E-state index contributed by atoms with van der Waals surface area (Å²) >= 11 is 0. The van der Waals surface area contributed by atoms with Crippen LogP contribution in [0.1, 0.15) is 46.1 Å². The topological polar surface area (TPSA) is 121 Å². The van der Waals surface area contributed by atoms with Gasteiger partial charge in [0.2, 0.25) is 0 Å². The van der Waals surface area contributed by atoms with Gasteiger partial charge < -0.3 is 20.1 Å². The highest BCUT2D eigenvalue weighted by atomic mass is 19.1. The fourth-order valence-corrected chi connectivity index (χ4v) is 6.17. The predicted molar refractivity (Wildman–Crippen MR) is 165 cm³/mol. The fourth-order valence-electron chi connectivity index (χ4n) is 6.17. The molecule has 11 nitrogen and oxygen atoms in total. The van der Waals surface area contributed by atoms with Gasteiger partial charge in [-0.2, -0.15) is 0 Å². The Morgan fingerprint density at radius 3 is 2.30 bits per heavy atom. The van der Waals surface area contributed by atoms with Gasteiger partial charge in [-0.3, -0.25) is 14.0 Å². The van der Waals surface area contributed by atoms with Gasteiger partial charge in [0.05, 0.1) is 11.7 Å². The first-order chi connectivity index (χ1) is 21.1. The van der Waals surface area contributed by atoms with Crippen molar-refractivity contribution in [3.8, 4) is 17.2 Å². The van der Waals surface area contributed by atoms with Crippen LogP contribution in [-0.2, 0) is 4.74 Å². The van der Waals surface area contributed by atoms with Crippen molar-refractivity contribution >= 4 is 23.1 Å². The van der Waals surface area contributed by atoms with E-state index in [9.17, 15) is 9.59 Å². The second-order valence-corrected chi connectivity index (χ2v) is 12.4. The van der Waals surface area contributed by atoms with Crippen LogP contribution in [0, 0.1) is 0 Å². The van der Waals surface area contributed by atoms with Gasteiger partial charge in [-0.25, -0.2) is 23.9 Å². The molecule has 0 bridgehead atoms. The molecule has 6 rings (SSSR count). The molecule has 0 saturated carbocycles. The zero-order chi connectivity index (χ0) is 31.0. The molecule has 1 amide bonds. The molecule has 2 aromatic heterocycles. The van der Waals surface area contributed by atoms with E-state index >= 15 is 4.39 Å². The third-order valence-electron chi connectivity index (χ3n) is 8.26. The van der Waals surface area contributed by atoms with Crippen molar-refractivity contribution in [3.05, 3.63) is 71.4 Å². The van der Waals surface area contributed by atoms with Crippen LogP contribution in [0.3, 0.4) is 0 Å². The van der Waals surface area contributed by atoms with Gasteiger partial charge >= 0.3 is 11.8 Å². The molecular weight excluding hydrogens is 565 g/mol. The van der Waals surface area contributed by atoms with Crippen molar-refractivity contribution in [3.63, 3.8) is 0 Å². The Kier molecular flexibility index (Phi) is 8.02. The van der Waals surface area contributed by atoms with E-state index in [-0.39, 0.29) is 24.5 Å². The maximum Gasteiger partial charge on any atom is 0.410 e. The largest absolute Gasteiger partial charge is 0.457 e. The number of benzene rings is 2. The zero-order valence-electron chi connectivity index (χ0n) is 25.2. The molecule has 2 aliphatic rings. The first-order valence-electron chi connectivity index (χ1n) is 15.0. The number of carbonyl (C=O) groups excluding carboxylic acids is 1. The van der Waals surface area contributed by atoms with E-state index in [2.05, 4.69) is 14.9 Å². The Balaban J connectivity index is 1.20. The molecule has 2 saturated heterocycles. The molecule has 2 fully saturated rings. The smallest absolute Gasteiger partial charge is 0.410 e. The summed E-state index contributed by atoms with van der Waals surface area (Å²) in [6, 6.07) is 15.9. The first kappa shape index (κ1) is 29.6. The van der Waals surface area contributed by atoms with E-state index in [0.717, 1.165) is 12.8 Å². The number of anilines is 1. The molecule has 2 atom stereocenters. The van der Waals surface area contributed by atoms with Crippen LogP contribution in [0.25, 0.3) is 16.9 Å². The van der Waals surface area contributed by atoms with Crippen LogP contribution in [0.5, 0.6) is 11.5 Å². The summed E-state index contributed by atoms with van der Waals surface area (Å²) in [4.78, 5) is 38.8. The van der Waals surface area contributed by atoms with Gasteiger partial charge in [0.15, 0.2) is 11.5 Å². The summed E-state index contributed by atoms with van der Waals surface area (Å²) in [5.74, 6) is 1.44. The molecule has 2 aromatic carbocycles. The number of carbonyl (C=O) groups is 1. The van der Waals surface area contributed by atoms with Gasteiger partial charge in [0.1, 0.15) is 35.1 Å². The van der Waals surface area contributed by atoms with Crippen molar-refractivity contribution < 1.29 is 18.7 Å². The minimum Gasteiger partial charge on any atom is -0.457 e. The number of piperidine rings is 2. The van der Waals surface area contributed by atoms with Crippen LogP contribution < -0.4 is 16.2 Å². The van der Waals surface area contributed by atoms with Gasteiger partial charge in [-0.1, -0.05) is 18.2 Å². The number of hydrogen-bond acceptors (Lipinski definition) is 8. The average Bonchev–Trinajstić information content (AvgIpc) is 3.30. The number of nitrogen functional groups attached to an aromatic ring is 1. The van der Waals surface area contributed by atoms with Crippen molar-refractivity contribution in [1.29, 1.82) is 0 Å². The minimum atomic E-state index is -1.30. The van der Waals surface area contributed by atoms with Crippen molar-refractivity contribution in [2.45, 2.75) is 63.9 Å². The molecule has 0 spiro atoms. The molecule has 4 aromatic rings. The molecule has 0 aliphatic carbocycles. The number of amides is 1. The Bertz CT molecular complexity index is 1680. The summed E-state index contributed by atoms with van der Waals surface area (Å²) in [7, 11) is 0. The minimum absolute atomic E-state index is 0.139. The van der Waals surface area contributed by atoms with Gasteiger partial charge in [0, 0.05) is 32.2 Å². The lowest BCUT2D eigenvalue weighted by Gasteiger charge is -2.43. The maximum atomic E-state index is 16.0. The highest BCUT2D eigenvalue weighted by Crippen LogP contribution is 2.32. The monoisotopic (exact) mass is 603 g/mol. The lowest BCUT2D eigenvalue weighted by atomic mass is 9.96. The number of fused-ring (bicyclic) bond motifs is 1. The fraction of sp³-hybridized carbons (Fsp3) is 0.438. The molecule has 232 valence electrons. The maximum absolute atomic E-state index is 16.0. The lowest BCUT2D eigenvalue weighted by Crippen LogP contribution is -2.53. The highest BCUT2D eigenvalue weighted by Gasteiger charge is 2.38. The molecule has 12 heteroatoms. The standard InChI is InChI=1S/C32H38FN7O4/c1-32(2,3)44-31(42)37-16-13-21(14-17-37)38-18-15-26(25(33)19-38)40-29-27(28(34)35-20-36-29)39(30(40)41)22-9-11-24(12-10-22)43-23-7-5-4-6-8-23/h4-12,20-21,25-26H,13-19H2,1-3H3,(H2,34,35,36)/t25-,26-/m1/s1. The van der Waals surface area contributed by atoms with E-state index in [4.69, 9.17) is 15.2 Å². The van der Waals surface area contributed by atoms with Gasteiger partial charge in [0.25, 0.3) is 0 Å². The molecule has 0 unspecified atom stereocenters. The summed E-state index contributed by atoms with van der Waals surface area (Å²) in [5, 5.41) is 0. The Morgan fingerprint density at radius 1 is 0.955 bits per heavy atom. The van der Waals surface area contributed by atoms with Crippen LogP contribution in [0.2, 0.25) is 0 Å². The molecule has 2 N–H and O–H groups in total.